The number of fused-ring (bicyclic) bond motifs is 2. The van der Waals surface area contributed by atoms with E-state index in [1.54, 1.807) is 0 Å². The van der Waals surface area contributed by atoms with Gasteiger partial charge in [-0.2, -0.15) is 5.10 Å². The van der Waals surface area contributed by atoms with Crippen LogP contribution in [-0.4, -0.2) is 19.7 Å². The molecule has 0 saturated carbocycles. The molecule has 0 aliphatic rings. The maximum Gasteiger partial charge on any atom is 0.134 e. The number of hydrogen-bond acceptors (Lipinski definition) is 4. The van der Waals surface area contributed by atoms with Gasteiger partial charge in [-0.1, -0.05) is 12.1 Å². The molecule has 108 valence electrons. The van der Waals surface area contributed by atoms with Gasteiger partial charge in [0, 0.05) is 10.8 Å². The number of rotatable bonds is 1. The van der Waals surface area contributed by atoms with Gasteiger partial charge in [0.15, 0.2) is 0 Å². The Balaban J connectivity index is 2.02. The van der Waals surface area contributed by atoms with Crippen molar-refractivity contribution in [3.8, 4) is 5.69 Å². The maximum absolute atomic E-state index is 5.89. The number of nitrogens with zero attached hydrogens (tertiary/aromatic N) is 4. The van der Waals surface area contributed by atoms with Crippen LogP contribution >= 0.6 is 0 Å². The normalized spacial score (nSPS) is 11.4. The molecule has 0 atom stereocenters. The van der Waals surface area contributed by atoms with Gasteiger partial charge >= 0.3 is 0 Å². The van der Waals surface area contributed by atoms with Crippen molar-refractivity contribution in [3.05, 3.63) is 54.0 Å². The lowest BCUT2D eigenvalue weighted by Gasteiger charge is -2.06. The Morgan fingerprint density at radius 2 is 1.91 bits per heavy atom. The van der Waals surface area contributed by atoms with Gasteiger partial charge in [0.05, 0.1) is 22.4 Å². The van der Waals surface area contributed by atoms with Crippen LogP contribution in [0.2, 0.25) is 0 Å². The Morgan fingerprint density at radius 3 is 2.77 bits per heavy atom. The fraction of sp³-hybridized carbons (Fsp3) is 0.118. The fourth-order valence-corrected chi connectivity index (χ4v) is 2.95. The minimum absolute atomic E-state index is 0.494. The van der Waals surface area contributed by atoms with Crippen LogP contribution in [0.25, 0.3) is 27.5 Å². The summed E-state index contributed by atoms with van der Waals surface area (Å²) in [6, 6.07) is 12.2. The van der Waals surface area contributed by atoms with Crippen LogP contribution in [0, 0.1) is 13.8 Å². The third kappa shape index (κ3) is 1.75. The highest BCUT2D eigenvalue weighted by molar-refractivity contribution is 5.90. The van der Waals surface area contributed by atoms with Crippen LogP contribution in [0.15, 0.2) is 42.7 Å². The first-order chi connectivity index (χ1) is 10.6. The van der Waals surface area contributed by atoms with E-state index in [1.807, 2.05) is 29.8 Å². The van der Waals surface area contributed by atoms with E-state index in [1.165, 1.54) is 17.3 Å². The second kappa shape index (κ2) is 4.53. The number of benzene rings is 2. The van der Waals surface area contributed by atoms with Crippen molar-refractivity contribution in [3.63, 3.8) is 0 Å². The molecule has 0 fully saturated rings. The molecule has 5 nitrogen and oxygen atoms in total. The lowest BCUT2D eigenvalue weighted by atomic mass is 10.1. The molecule has 0 aliphatic carbocycles. The summed E-state index contributed by atoms with van der Waals surface area (Å²) in [7, 11) is 0. The standard InChI is InChI=1S/C17H15N5/c1-10-4-3-5-15-16(10)11(2)21-22(15)12-6-7-13-14(8-12)19-9-20-17(13)18/h3-9H,1-2H3,(H2,18,19,20). The Labute approximate surface area is 127 Å². The van der Waals surface area contributed by atoms with Crippen molar-refractivity contribution in [1.82, 2.24) is 19.7 Å². The quantitative estimate of drug-likeness (QED) is 0.584. The van der Waals surface area contributed by atoms with E-state index in [0.29, 0.717) is 5.82 Å². The van der Waals surface area contributed by atoms with Gasteiger partial charge in [0.25, 0.3) is 0 Å². The summed E-state index contributed by atoms with van der Waals surface area (Å²) >= 11 is 0. The van der Waals surface area contributed by atoms with Crippen LogP contribution in [0.1, 0.15) is 11.3 Å². The highest BCUT2D eigenvalue weighted by Crippen LogP contribution is 2.26. The van der Waals surface area contributed by atoms with E-state index < -0.39 is 0 Å². The molecule has 0 spiro atoms. The predicted molar refractivity (Wildman–Crippen MR) is 88.1 cm³/mol. The van der Waals surface area contributed by atoms with Gasteiger partial charge in [0.2, 0.25) is 0 Å². The fourth-order valence-electron chi connectivity index (χ4n) is 2.95. The summed E-state index contributed by atoms with van der Waals surface area (Å²) in [6.45, 7) is 4.14. The first kappa shape index (κ1) is 12.8. The number of anilines is 1. The Bertz CT molecular complexity index is 1020. The summed E-state index contributed by atoms with van der Waals surface area (Å²) in [4.78, 5) is 8.32. The van der Waals surface area contributed by atoms with Crippen molar-refractivity contribution in [2.24, 2.45) is 0 Å². The number of nitrogen functional groups attached to an aromatic ring is 1. The van der Waals surface area contributed by atoms with Crippen molar-refractivity contribution in [1.29, 1.82) is 0 Å². The average Bonchev–Trinajstić information content (AvgIpc) is 2.86. The molecule has 4 aromatic rings. The Morgan fingerprint density at radius 1 is 1.05 bits per heavy atom. The van der Waals surface area contributed by atoms with E-state index in [0.717, 1.165) is 27.8 Å². The lowest BCUT2D eigenvalue weighted by Crippen LogP contribution is -1.98. The van der Waals surface area contributed by atoms with Gasteiger partial charge in [0.1, 0.15) is 12.1 Å². The SMILES string of the molecule is Cc1cccc2c1c(C)nn2-c1ccc2c(N)ncnc2c1. The van der Waals surface area contributed by atoms with Crippen LogP contribution in [0.4, 0.5) is 5.82 Å². The van der Waals surface area contributed by atoms with Crippen molar-refractivity contribution in [2.45, 2.75) is 13.8 Å². The third-order valence-electron chi connectivity index (χ3n) is 3.99. The molecule has 2 aromatic heterocycles. The molecule has 2 aromatic carbocycles. The number of aromatic nitrogens is 4. The van der Waals surface area contributed by atoms with Gasteiger partial charge in [-0.25, -0.2) is 14.6 Å². The van der Waals surface area contributed by atoms with Gasteiger partial charge < -0.3 is 5.73 Å². The van der Waals surface area contributed by atoms with E-state index in [9.17, 15) is 0 Å². The van der Waals surface area contributed by atoms with Crippen molar-refractivity contribution < 1.29 is 0 Å². The zero-order chi connectivity index (χ0) is 15.3. The highest BCUT2D eigenvalue weighted by Gasteiger charge is 2.11. The number of hydrogen-bond donors (Lipinski definition) is 1. The van der Waals surface area contributed by atoms with Crippen LogP contribution in [0.5, 0.6) is 0 Å². The minimum atomic E-state index is 0.494. The average molecular weight is 289 g/mol. The Hall–Kier alpha value is -2.95. The molecule has 0 aliphatic heterocycles. The van der Waals surface area contributed by atoms with Gasteiger partial charge in [-0.05, 0) is 43.7 Å². The van der Waals surface area contributed by atoms with Gasteiger partial charge in [-0.3, -0.25) is 0 Å². The molecular formula is C17H15N5. The minimum Gasteiger partial charge on any atom is -0.383 e. The van der Waals surface area contributed by atoms with Crippen LogP contribution < -0.4 is 5.73 Å². The molecular weight excluding hydrogens is 274 g/mol. The molecule has 2 heterocycles. The molecule has 0 unspecified atom stereocenters. The zero-order valence-corrected chi connectivity index (χ0v) is 12.4. The molecule has 22 heavy (non-hydrogen) atoms. The van der Waals surface area contributed by atoms with E-state index in [4.69, 9.17) is 10.8 Å². The number of nitrogens with two attached hydrogens (primary N) is 1. The second-order valence-corrected chi connectivity index (χ2v) is 5.43. The predicted octanol–water partition coefficient (Wildman–Crippen LogP) is 3.17. The third-order valence-corrected chi connectivity index (χ3v) is 3.99. The van der Waals surface area contributed by atoms with Crippen molar-refractivity contribution >= 4 is 27.6 Å². The molecule has 5 heteroatoms. The second-order valence-electron chi connectivity index (χ2n) is 5.43. The van der Waals surface area contributed by atoms with Crippen molar-refractivity contribution in [2.75, 3.05) is 5.73 Å². The molecule has 0 radical (unpaired) electrons. The molecule has 4 rings (SSSR count). The van der Waals surface area contributed by atoms with E-state index in [-0.39, 0.29) is 0 Å². The first-order valence-electron chi connectivity index (χ1n) is 7.11. The summed E-state index contributed by atoms with van der Waals surface area (Å²) in [6.07, 6.45) is 1.48. The van der Waals surface area contributed by atoms with Crippen LogP contribution in [-0.2, 0) is 0 Å². The summed E-state index contributed by atoms with van der Waals surface area (Å²) in [5, 5.41) is 6.75. The summed E-state index contributed by atoms with van der Waals surface area (Å²) < 4.78 is 1.95. The highest BCUT2D eigenvalue weighted by atomic mass is 15.3. The van der Waals surface area contributed by atoms with E-state index in [2.05, 4.69) is 35.1 Å². The molecule has 0 bridgehead atoms. The summed E-state index contributed by atoms with van der Waals surface area (Å²) in [5.74, 6) is 0.494. The molecule has 0 amide bonds. The first-order valence-corrected chi connectivity index (χ1v) is 7.11. The smallest absolute Gasteiger partial charge is 0.134 e. The maximum atomic E-state index is 5.89. The summed E-state index contributed by atoms with van der Waals surface area (Å²) in [5.41, 5.74) is 11.0. The largest absolute Gasteiger partial charge is 0.383 e. The van der Waals surface area contributed by atoms with Gasteiger partial charge in [-0.15, -0.1) is 0 Å². The topological polar surface area (TPSA) is 69.6 Å². The lowest BCUT2D eigenvalue weighted by molar-refractivity contribution is 0.890. The van der Waals surface area contributed by atoms with E-state index >= 15 is 0 Å². The monoisotopic (exact) mass is 289 g/mol. The van der Waals surface area contributed by atoms with Crippen LogP contribution in [0.3, 0.4) is 0 Å². The Kier molecular flexibility index (Phi) is 2.63. The zero-order valence-electron chi connectivity index (χ0n) is 12.4. The molecule has 2 N–H and O–H groups in total. The number of aryl methyl sites for hydroxylation is 2. The molecule has 0 saturated heterocycles.